The minimum absolute atomic E-state index is 0.0624. The fourth-order valence-corrected chi connectivity index (χ4v) is 5.02. The third-order valence-electron chi connectivity index (χ3n) is 5.57. The molecule has 150 valence electrons. The van der Waals surface area contributed by atoms with Gasteiger partial charge in [-0.2, -0.15) is 0 Å². The van der Waals surface area contributed by atoms with Gasteiger partial charge in [-0.3, -0.25) is 14.5 Å². The Balaban J connectivity index is 1.91. The summed E-state index contributed by atoms with van der Waals surface area (Å²) in [6.07, 6.45) is 1.25. The zero-order valence-electron chi connectivity index (χ0n) is 16.1. The molecule has 0 radical (unpaired) electrons. The number of benzene rings is 2. The second-order valence-electron chi connectivity index (χ2n) is 8.43. The molecular formula is C23H20Cl3NO2. The molecule has 1 amide bonds. The molecule has 3 nitrogen and oxygen atoms in total. The van der Waals surface area contributed by atoms with Crippen molar-refractivity contribution in [2.24, 2.45) is 5.41 Å². The molecule has 0 saturated heterocycles. The van der Waals surface area contributed by atoms with Gasteiger partial charge in [-0.15, -0.1) is 0 Å². The van der Waals surface area contributed by atoms with Gasteiger partial charge in [0.05, 0.1) is 0 Å². The molecule has 2 aliphatic rings. The number of anilines is 1. The van der Waals surface area contributed by atoms with Gasteiger partial charge in [0, 0.05) is 50.8 Å². The number of rotatable bonds is 2. The van der Waals surface area contributed by atoms with Gasteiger partial charge in [-0.05, 0) is 53.8 Å². The van der Waals surface area contributed by atoms with Crippen molar-refractivity contribution < 1.29 is 9.59 Å². The average molecular weight is 449 g/mol. The van der Waals surface area contributed by atoms with Gasteiger partial charge in [-0.25, -0.2) is 0 Å². The van der Waals surface area contributed by atoms with Crippen LogP contribution >= 0.6 is 34.8 Å². The number of Topliss-reactive ketones (excluding diaryl/α,β-unsaturated/α-hetero) is 1. The molecule has 0 spiro atoms. The second-order valence-corrected chi connectivity index (χ2v) is 9.71. The van der Waals surface area contributed by atoms with E-state index in [0.717, 1.165) is 16.9 Å². The molecule has 1 atom stereocenters. The summed E-state index contributed by atoms with van der Waals surface area (Å²) in [6.45, 7) is 4.11. The fourth-order valence-electron chi connectivity index (χ4n) is 4.35. The highest BCUT2D eigenvalue weighted by Gasteiger charge is 2.44. The van der Waals surface area contributed by atoms with Crippen LogP contribution in [0.4, 0.5) is 5.69 Å². The number of nitrogens with zero attached hydrogens (tertiary/aromatic N) is 1. The van der Waals surface area contributed by atoms with Gasteiger partial charge >= 0.3 is 0 Å². The number of carbonyl (C=O) groups is 2. The van der Waals surface area contributed by atoms with E-state index in [2.05, 4.69) is 13.8 Å². The normalized spacial score (nSPS) is 21.4. The highest BCUT2D eigenvalue weighted by molar-refractivity contribution is 6.35. The van der Waals surface area contributed by atoms with Crippen molar-refractivity contribution in [3.05, 3.63) is 74.4 Å². The molecule has 4 rings (SSSR count). The van der Waals surface area contributed by atoms with Crippen LogP contribution in [-0.4, -0.2) is 11.7 Å². The molecule has 0 N–H and O–H groups in total. The Bertz CT molecular complexity index is 1040. The average Bonchev–Trinajstić information content (AvgIpc) is 2.61. The number of amides is 1. The summed E-state index contributed by atoms with van der Waals surface area (Å²) in [5.74, 6) is -0.360. The van der Waals surface area contributed by atoms with Crippen molar-refractivity contribution in [3.8, 4) is 0 Å². The zero-order chi connectivity index (χ0) is 20.9. The van der Waals surface area contributed by atoms with E-state index in [1.165, 1.54) is 0 Å². The molecule has 6 heteroatoms. The molecular weight excluding hydrogens is 429 g/mol. The summed E-state index contributed by atoms with van der Waals surface area (Å²) in [6, 6.07) is 12.4. The maximum Gasteiger partial charge on any atom is 0.232 e. The number of allylic oxidation sites excluding steroid dienone is 2. The molecule has 2 aromatic rings. The second kappa shape index (κ2) is 7.46. The lowest BCUT2D eigenvalue weighted by molar-refractivity contribution is -0.121. The topological polar surface area (TPSA) is 37.4 Å². The van der Waals surface area contributed by atoms with Crippen LogP contribution in [0.3, 0.4) is 0 Å². The van der Waals surface area contributed by atoms with Gasteiger partial charge in [0.25, 0.3) is 0 Å². The standard InChI is InChI=1S/C23H20Cl3NO2/c1-23(2)11-19-22(20(28)12-23)17(16-8-5-14(25)9-18(16)26)10-21(29)27(19)15-6-3-13(24)4-7-15/h3-9,17H,10-12H2,1-2H3. The van der Waals surface area contributed by atoms with Crippen LogP contribution in [0.15, 0.2) is 53.7 Å². The van der Waals surface area contributed by atoms with E-state index in [1.807, 2.05) is 18.2 Å². The van der Waals surface area contributed by atoms with E-state index >= 15 is 0 Å². The number of hydrogen-bond donors (Lipinski definition) is 0. The van der Waals surface area contributed by atoms with Crippen LogP contribution in [0.2, 0.25) is 15.1 Å². The highest BCUT2D eigenvalue weighted by Crippen LogP contribution is 2.49. The highest BCUT2D eigenvalue weighted by atomic mass is 35.5. The Morgan fingerprint density at radius 2 is 1.59 bits per heavy atom. The van der Waals surface area contributed by atoms with Crippen LogP contribution in [0.5, 0.6) is 0 Å². The van der Waals surface area contributed by atoms with Crippen LogP contribution < -0.4 is 4.90 Å². The number of halogens is 3. The summed E-state index contributed by atoms with van der Waals surface area (Å²) < 4.78 is 0. The minimum atomic E-state index is -0.366. The number of carbonyl (C=O) groups excluding carboxylic acids is 2. The smallest absolute Gasteiger partial charge is 0.232 e. The van der Waals surface area contributed by atoms with E-state index in [-0.39, 0.29) is 29.4 Å². The summed E-state index contributed by atoms with van der Waals surface area (Å²) in [5, 5.41) is 1.59. The third kappa shape index (κ3) is 3.84. The SMILES string of the molecule is CC1(C)CC(=O)C2=C(C1)N(c1ccc(Cl)cc1)C(=O)CC2c1ccc(Cl)cc1Cl. The molecule has 29 heavy (non-hydrogen) atoms. The van der Waals surface area contributed by atoms with Crippen molar-refractivity contribution in [1.82, 2.24) is 0 Å². The molecule has 1 aliphatic carbocycles. The molecule has 0 fully saturated rings. The molecule has 0 bridgehead atoms. The van der Waals surface area contributed by atoms with Crippen molar-refractivity contribution in [2.75, 3.05) is 4.90 Å². The first-order valence-corrected chi connectivity index (χ1v) is 10.6. The van der Waals surface area contributed by atoms with Crippen LogP contribution in [0.25, 0.3) is 0 Å². The summed E-state index contributed by atoms with van der Waals surface area (Å²) in [5.41, 5.74) is 2.70. The number of hydrogen-bond acceptors (Lipinski definition) is 2. The molecule has 2 aromatic carbocycles. The summed E-state index contributed by atoms with van der Waals surface area (Å²) in [7, 11) is 0. The van der Waals surface area contributed by atoms with Gasteiger partial charge in [0.1, 0.15) is 0 Å². The largest absolute Gasteiger partial charge is 0.294 e. The Morgan fingerprint density at radius 1 is 0.931 bits per heavy atom. The monoisotopic (exact) mass is 447 g/mol. The predicted octanol–water partition coefficient (Wildman–Crippen LogP) is 6.81. The lowest BCUT2D eigenvalue weighted by atomic mass is 9.69. The quantitative estimate of drug-likeness (QED) is 0.506. The van der Waals surface area contributed by atoms with E-state index in [4.69, 9.17) is 34.8 Å². The Morgan fingerprint density at radius 3 is 2.24 bits per heavy atom. The van der Waals surface area contributed by atoms with Crippen molar-refractivity contribution in [3.63, 3.8) is 0 Å². The first-order chi connectivity index (χ1) is 13.7. The lowest BCUT2D eigenvalue weighted by Gasteiger charge is -2.43. The van der Waals surface area contributed by atoms with E-state index < -0.39 is 0 Å². The van der Waals surface area contributed by atoms with Gasteiger partial charge in [0.15, 0.2) is 5.78 Å². The Labute approximate surface area is 185 Å². The van der Waals surface area contributed by atoms with Gasteiger partial charge in [-0.1, -0.05) is 54.7 Å². The van der Waals surface area contributed by atoms with Crippen LogP contribution in [0.1, 0.15) is 44.6 Å². The van der Waals surface area contributed by atoms with Crippen molar-refractivity contribution >= 4 is 52.2 Å². The molecule has 1 aliphatic heterocycles. The van der Waals surface area contributed by atoms with Crippen LogP contribution in [0, 0.1) is 5.41 Å². The zero-order valence-corrected chi connectivity index (χ0v) is 18.4. The molecule has 0 saturated carbocycles. The third-order valence-corrected chi connectivity index (χ3v) is 6.38. The Hall–Kier alpha value is -1.81. The van der Waals surface area contributed by atoms with E-state index in [0.29, 0.717) is 33.5 Å². The fraction of sp³-hybridized carbons (Fsp3) is 0.304. The predicted molar refractivity (Wildman–Crippen MR) is 118 cm³/mol. The maximum atomic E-state index is 13.3. The van der Waals surface area contributed by atoms with E-state index in [9.17, 15) is 9.59 Å². The molecule has 1 unspecified atom stereocenters. The molecule has 0 aromatic heterocycles. The lowest BCUT2D eigenvalue weighted by Crippen LogP contribution is -2.43. The first-order valence-electron chi connectivity index (χ1n) is 9.46. The first kappa shape index (κ1) is 20.5. The van der Waals surface area contributed by atoms with Gasteiger partial charge in [0.2, 0.25) is 5.91 Å². The maximum absolute atomic E-state index is 13.3. The summed E-state index contributed by atoms with van der Waals surface area (Å²) in [4.78, 5) is 28.2. The minimum Gasteiger partial charge on any atom is -0.294 e. The van der Waals surface area contributed by atoms with Crippen molar-refractivity contribution in [2.45, 2.75) is 39.0 Å². The number of ketones is 1. The summed E-state index contributed by atoms with van der Waals surface area (Å²) >= 11 is 18.5. The Kier molecular flexibility index (Phi) is 5.27. The van der Waals surface area contributed by atoms with Crippen LogP contribution in [-0.2, 0) is 9.59 Å². The molecule has 1 heterocycles. The van der Waals surface area contributed by atoms with Crippen molar-refractivity contribution in [1.29, 1.82) is 0 Å². The van der Waals surface area contributed by atoms with E-state index in [1.54, 1.807) is 29.2 Å². The van der Waals surface area contributed by atoms with Gasteiger partial charge < -0.3 is 0 Å².